The quantitative estimate of drug-likeness (QED) is 0.443. The highest BCUT2D eigenvalue weighted by Gasteiger charge is 2.04. The SMILES string of the molecule is C=C/C=C\N=C(C)c1ccc(Cl)cc1C=O. The average Bonchev–Trinajstić information content (AvgIpc) is 2.29. The molecule has 0 atom stereocenters. The molecule has 0 spiro atoms. The van der Waals surface area contributed by atoms with E-state index < -0.39 is 0 Å². The molecule has 0 aliphatic rings. The lowest BCUT2D eigenvalue weighted by atomic mass is 10.1. The van der Waals surface area contributed by atoms with Crippen LogP contribution in [0.2, 0.25) is 5.02 Å². The van der Waals surface area contributed by atoms with E-state index >= 15 is 0 Å². The lowest BCUT2D eigenvalue weighted by molar-refractivity contribution is 0.112. The molecule has 1 rings (SSSR count). The Balaban J connectivity index is 3.12. The normalized spacial score (nSPS) is 11.8. The minimum atomic E-state index is 0.542. The molecule has 0 aromatic heterocycles. The number of aldehydes is 1. The van der Waals surface area contributed by atoms with Gasteiger partial charge in [-0.15, -0.1) is 0 Å². The van der Waals surface area contributed by atoms with Gasteiger partial charge in [0.25, 0.3) is 0 Å². The number of aliphatic imine (C=N–C) groups is 1. The third-order valence-corrected chi connectivity index (χ3v) is 2.26. The first-order valence-electron chi connectivity index (χ1n) is 4.76. The summed E-state index contributed by atoms with van der Waals surface area (Å²) in [5.74, 6) is 0. The van der Waals surface area contributed by atoms with E-state index in [4.69, 9.17) is 11.6 Å². The van der Waals surface area contributed by atoms with Crippen molar-refractivity contribution in [3.8, 4) is 0 Å². The molecule has 0 aliphatic carbocycles. The average molecular weight is 234 g/mol. The Hall–Kier alpha value is -1.67. The second-order valence-electron chi connectivity index (χ2n) is 3.14. The van der Waals surface area contributed by atoms with Crippen LogP contribution in [0.25, 0.3) is 0 Å². The first kappa shape index (κ1) is 12.4. The second-order valence-corrected chi connectivity index (χ2v) is 3.58. The van der Waals surface area contributed by atoms with E-state index in [2.05, 4.69) is 11.6 Å². The minimum Gasteiger partial charge on any atom is -0.298 e. The summed E-state index contributed by atoms with van der Waals surface area (Å²) in [5, 5.41) is 0.542. The number of carbonyl (C=O) groups excluding carboxylic acids is 1. The van der Waals surface area contributed by atoms with Gasteiger partial charge in [-0.25, -0.2) is 0 Å². The molecule has 2 nitrogen and oxygen atoms in total. The number of benzene rings is 1. The van der Waals surface area contributed by atoms with Crippen molar-refractivity contribution in [2.45, 2.75) is 6.92 Å². The zero-order valence-corrected chi connectivity index (χ0v) is 9.74. The maximum Gasteiger partial charge on any atom is 0.150 e. The molecule has 16 heavy (non-hydrogen) atoms. The van der Waals surface area contributed by atoms with Crippen molar-refractivity contribution in [1.29, 1.82) is 0 Å². The van der Waals surface area contributed by atoms with Crippen molar-refractivity contribution in [3.63, 3.8) is 0 Å². The summed E-state index contributed by atoms with van der Waals surface area (Å²) in [6, 6.07) is 5.15. The molecule has 0 amide bonds. The maximum atomic E-state index is 10.9. The Labute approximate surface area is 100.0 Å². The maximum absolute atomic E-state index is 10.9. The first-order valence-corrected chi connectivity index (χ1v) is 5.14. The van der Waals surface area contributed by atoms with E-state index in [1.807, 2.05) is 6.92 Å². The number of halogens is 1. The van der Waals surface area contributed by atoms with Crippen LogP contribution in [0.1, 0.15) is 22.8 Å². The molecule has 0 saturated carbocycles. The van der Waals surface area contributed by atoms with Gasteiger partial charge < -0.3 is 0 Å². The van der Waals surface area contributed by atoms with Gasteiger partial charge in [0.2, 0.25) is 0 Å². The number of rotatable bonds is 4. The van der Waals surface area contributed by atoms with Crippen LogP contribution in [-0.4, -0.2) is 12.0 Å². The van der Waals surface area contributed by atoms with Gasteiger partial charge in [0, 0.05) is 28.1 Å². The van der Waals surface area contributed by atoms with Gasteiger partial charge in [-0.1, -0.05) is 30.3 Å². The van der Waals surface area contributed by atoms with E-state index in [9.17, 15) is 4.79 Å². The van der Waals surface area contributed by atoms with Crippen LogP contribution < -0.4 is 0 Å². The number of hydrogen-bond donors (Lipinski definition) is 0. The van der Waals surface area contributed by atoms with Gasteiger partial charge in [0.15, 0.2) is 6.29 Å². The van der Waals surface area contributed by atoms with Crippen LogP contribution in [0.3, 0.4) is 0 Å². The topological polar surface area (TPSA) is 29.4 Å². The lowest BCUT2D eigenvalue weighted by Gasteiger charge is -2.03. The Morgan fingerprint density at radius 2 is 2.25 bits per heavy atom. The molecule has 3 heteroatoms. The molecular formula is C13H12ClNO. The fraction of sp³-hybridized carbons (Fsp3) is 0.0769. The molecule has 0 saturated heterocycles. The van der Waals surface area contributed by atoms with Gasteiger partial charge in [-0.3, -0.25) is 9.79 Å². The molecule has 0 N–H and O–H groups in total. The summed E-state index contributed by atoms with van der Waals surface area (Å²) < 4.78 is 0. The van der Waals surface area contributed by atoms with Crippen LogP contribution >= 0.6 is 11.6 Å². The highest BCUT2D eigenvalue weighted by Crippen LogP contribution is 2.15. The molecule has 0 heterocycles. The molecule has 1 aromatic rings. The van der Waals surface area contributed by atoms with Gasteiger partial charge in [-0.2, -0.15) is 0 Å². The second kappa shape index (κ2) is 6.03. The Morgan fingerprint density at radius 3 is 2.88 bits per heavy atom. The predicted molar refractivity (Wildman–Crippen MR) is 68.4 cm³/mol. The molecule has 0 aliphatic heterocycles. The highest BCUT2D eigenvalue weighted by atomic mass is 35.5. The van der Waals surface area contributed by atoms with E-state index in [0.717, 1.165) is 17.6 Å². The van der Waals surface area contributed by atoms with Crippen LogP contribution in [0.5, 0.6) is 0 Å². The van der Waals surface area contributed by atoms with Crippen molar-refractivity contribution >= 4 is 23.6 Å². The molecule has 1 aromatic carbocycles. The molecule has 0 radical (unpaired) electrons. The number of hydrogen-bond acceptors (Lipinski definition) is 2. The van der Waals surface area contributed by atoms with Crippen molar-refractivity contribution in [2.24, 2.45) is 4.99 Å². The Kier molecular flexibility index (Phi) is 4.67. The van der Waals surface area contributed by atoms with Crippen molar-refractivity contribution in [3.05, 3.63) is 59.3 Å². The third-order valence-electron chi connectivity index (χ3n) is 2.02. The van der Waals surface area contributed by atoms with Gasteiger partial charge >= 0.3 is 0 Å². The van der Waals surface area contributed by atoms with Gasteiger partial charge in [0.1, 0.15) is 0 Å². The van der Waals surface area contributed by atoms with Crippen molar-refractivity contribution in [1.82, 2.24) is 0 Å². The van der Waals surface area contributed by atoms with Crippen molar-refractivity contribution in [2.75, 3.05) is 0 Å². The Bertz CT molecular complexity index is 461. The minimum absolute atomic E-state index is 0.542. The number of carbonyl (C=O) groups is 1. The van der Waals surface area contributed by atoms with Crippen LogP contribution in [-0.2, 0) is 0 Å². The fourth-order valence-electron chi connectivity index (χ4n) is 1.25. The van der Waals surface area contributed by atoms with Crippen molar-refractivity contribution < 1.29 is 4.79 Å². The molecule has 0 unspecified atom stereocenters. The summed E-state index contributed by atoms with van der Waals surface area (Å²) in [5.41, 5.74) is 2.09. The largest absolute Gasteiger partial charge is 0.298 e. The molecular weight excluding hydrogens is 222 g/mol. The highest BCUT2D eigenvalue weighted by molar-refractivity contribution is 6.31. The monoisotopic (exact) mass is 233 g/mol. The van der Waals surface area contributed by atoms with Crippen LogP contribution in [0.15, 0.2) is 48.1 Å². The summed E-state index contributed by atoms with van der Waals surface area (Å²) in [6.07, 6.45) is 5.77. The fourth-order valence-corrected chi connectivity index (χ4v) is 1.43. The molecule has 82 valence electrons. The summed E-state index contributed by atoms with van der Waals surface area (Å²) in [4.78, 5) is 15.1. The van der Waals surface area contributed by atoms with Crippen LogP contribution in [0, 0.1) is 0 Å². The molecule has 0 bridgehead atoms. The first-order chi connectivity index (χ1) is 7.69. The summed E-state index contributed by atoms with van der Waals surface area (Å²) >= 11 is 5.80. The zero-order valence-electron chi connectivity index (χ0n) is 8.98. The smallest absolute Gasteiger partial charge is 0.150 e. The van der Waals surface area contributed by atoms with E-state index in [1.165, 1.54) is 0 Å². The lowest BCUT2D eigenvalue weighted by Crippen LogP contribution is -1.99. The Morgan fingerprint density at radius 1 is 1.50 bits per heavy atom. The van der Waals surface area contributed by atoms with E-state index in [-0.39, 0.29) is 0 Å². The van der Waals surface area contributed by atoms with Crippen LogP contribution in [0.4, 0.5) is 0 Å². The molecule has 0 fully saturated rings. The standard InChI is InChI=1S/C13H12ClNO/c1-3-4-7-15-10(2)13-6-5-12(14)8-11(13)9-16/h3-9H,1H2,2H3/b7-4-,15-10?. The van der Waals surface area contributed by atoms with Gasteiger partial charge in [0.05, 0.1) is 0 Å². The number of nitrogens with zero attached hydrogens (tertiary/aromatic N) is 1. The summed E-state index contributed by atoms with van der Waals surface area (Å²) in [6.45, 7) is 5.38. The predicted octanol–water partition coefficient (Wildman–Crippen LogP) is 3.66. The van der Waals surface area contributed by atoms with E-state index in [0.29, 0.717) is 10.6 Å². The number of allylic oxidation sites excluding steroid dienone is 2. The summed E-state index contributed by atoms with van der Waals surface area (Å²) in [7, 11) is 0. The van der Waals surface area contributed by atoms with E-state index in [1.54, 1.807) is 36.6 Å². The van der Waals surface area contributed by atoms with Gasteiger partial charge in [-0.05, 0) is 25.1 Å². The zero-order chi connectivity index (χ0) is 12.0. The third kappa shape index (κ3) is 3.17.